The number of carbonyl (C=O) groups excluding carboxylic acids is 2. The van der Waals surface area contributed by atoms with Crippen molar-refractivity contribution in [3.63, 3.8) is 0 Å². The molecule has 2 aliphatic carbocycles. The van der Waals surface area contributed by atoms with Crippen molar-refractivity contribution < 1.29 is 19.1 Å². The summed E-state index contributed by atoms with van der Waals surface area (Å²) in [7, 11) is 0. The van der Waals surface area contributed by atoms with Gasteiger partial charge in [0.05, 0.1) is 12.1 Å². The van der Waals surface area contributed by atoms with Gasteiger partial charge in [-0.2, -0.15) is 10.5 Å². The molecule has 0 amide bonds. The third-order valence-electron chi connectivity index (χ3n) is 5.34. The van der Waals surface area contributed by atoms with Gasteiger partial charge in [0, 0.05) is 26.2 Å². The van der Waals surface area contributed by atoms with Gasteiger partial charge >= 0.3 is 11.9 Å². The minimum atomic E-state index is -1.41. The average molecular weight is 380 g/mol. The first kappa shape index (κ1) is 21.3. The highest BCUT2D eigenvalue weighted by molar-refractivity contribution is 5.66. The summed E-state index contributed by atoms with van der Waals surface area (Å²) in [5.74, 6) is 5.10. The van der Waals surface area contributed by atoms with Crippen LogP contribution in [-0.2, 0) is 19.1 Å². The van der Waals surface area contributed by atoms with Crippen molar-refractivity contribution in [1.29, 1.82) is 10.5 Å². The van der Waals surface area contributed by atoms with Crippen LogP contribution in [0.15, 0.2) is 23.8 Å². The molecule has 3 atom stereocenters. The Morgan fingerprint density at radius 2 is 1.86 bits per heavy atom. The molecule has 1 saturated carbocycles. The number of ether oxygens (including phenoxy) is 2. The maximum atomic E-state index is 11.2. The van der Waals surface area contributed by atoms with Crippen LogP contribution in [0.3, 0.4) is 0 Å². The number of rotatable bonds is 6. The number of esters is 2. The maximum Gasteiger partial charge on any atom is 0.303 e. The van der Waals surface area contributed by atoms with E-state index in [0.29, 0.717) is 11.5 Å². The van der Waals surface area contributed by atoms with Gasteiger partial charge in [0.1, 0.15) is 6.61 Å². The second-order valence-corrected chi connectivity index (χ2v) is 7.31. The predicted molar refractivity (Wildman–Crippen MR) is 101 cm³/mol. The van der Waals surface area contributed by atoms with Gasteiger partial charge in [0.25, 0.3) is 0 Å². The lowest BCUT2D eigenvalue weighted by Gasteiger charge is -2.36. The van der Waals surface area contributed by atoms with Gasteiger partial charge in [-0.1, -0.05) is 24.5 Å². The first-order chi connectivity index (χ1) is 13.3. The van der Waals surface area contributed by atoms with Crippen LogP contribution in [0.5, 0.6) is 0 Å². The lowest BCUT2D eigenvalue weighted by Crippen LogP contribution is -2.32. The van der Waals surface area contributed by atoms with E-state index in [1.54, 1.807) is 0 Å². The molecule has 0 saturated heterocycles. The van der Waals surface area contributed by atoms with E-state index in [1.165, 1.54) is 13.8 Å². The van der Waals surface area contributed by atoms with E-state index < -0.39 is 17.4 Å². The molecular formula is C22H24N2O4. The normalized spacial score (nSPS) is 22.6. The number of nitriles is 2. The van der Waals surface area contributed by atoms with Crippen LogP contribution in [0.2, 0.25) is 0 Å². The molecule has 2 bridgehead atoms. The summed E-state index contributed by atoms with van der Waals surface area (Å²) in [4.78, 5) is 22.0. The van der Waals surface area contributed by atoms with Gasteiger partial charge in [-0.3, -0.25) is 9.59 Å². The Labute approximate surface area is 165 Å². The lowest BCUT2D eigenvalue weighted by atomic mass is 9.65. The van der Waals surface area contributed by atoms with Crippen LogP contribution in [0, 0.1) is 57.7 Å². The van der Waals surface area contributed by atoms with Gasteiger partial charge in [-0.25, -0.2) is 0 Å². The molecule has 6 heteroatoms. The lowest BCUT2D eigenvalue weighted by molar-refractivity contribution is -0.140. The zero-order valence-corrected chi connectivity index (χ0v) is 16.3. The molecule has 0 aromatic carbocycles. The molecule has 0 aromatic heterocycles. The van der Waals surface area contributed by atoms with E-state index >= 15 is 0 Å². The molecule has 2 aliphatic rings. The van der Waals surface area contributed by atoms with Crippen molar-refractivity contribution in [3.05, 3.63) is 23.8 Å². The highest BCUT2D eigenvalue weighted by Crippen LogP contribution is 2.52. The Kier molecular flexibility index (Phi) is 7.02. The molecule has 0 N–H and O–H groups in total. The summed E-state index contributed by atoms with van der Waals surface area (Å²) in [6.45, 7) is 6.72. The van der Waals surface area contributed by atoms with Crippen molar-refractivity contribution in [1.82, 2.24) is 0 Å². The van der Waals surface area contributed by atoms with E-state index in [2.05, 4.69) is 30.6 Å². The molecule has 0 spiro atoms. The van der Waals surface area contributed by atoms with Crippen molar-refractivity contribution >= 4 is 11.9 Å². The van der Waals surface area contributed by atoms with Gasteiger partial charge < -0.3 is 9.47 Å². The second-order valence-electron chi connectivity index (χ2n) is 7.31. The van der Waals surface area contributed by atoms with Crippen LogP contribution in [-0.4, -0.2) is 25.2 Å². The standard InChI is InChI=1S/C22H24N2O4/c1-15(12-28-17(3)26)21-19-7-6-18(10-19)11-20(21)22(13-23,14-24)8-4-5-9-27-16(2)25/h11,18-19,21H,1,6-10,12H2,2-3H3/t18?,19-,21+/m1/s1. The zero-order valence-electron chi connectivity index (χ0n) is 16.3. The van der Waals surface area contributed by atoms with Crippen molar-refractivity contribution in [2.75, 3.05) is 13.2 Å². The van der Waals surface area contributed by atoms with E-state index in [9.17, 15) is 20.1 Å². The fraction of sp³-hybridized carbons (Fsp3) is 0.545. The largest absolute Gasteiger partial charge is 0.461 e. The topological polar surface area (TPSA) is 100 Å². The minimum absolute atomic E-state index is 0.0177. The highest BCUT2D eigenvalue weighted by atomic mass is 16.5. The Hall–Kier alpha value is -3.04. The summed E-state index contributed by atoms with van der Waals surface area (Å²) in [6, 6.07) is 4.33. The molecule has 0 heterocycles. The van der Waals surface area contributed by atoms with Crippen LogP contribution in [0.4, 0.5) is 0 Å². The number of fused-ring (bicyclic) bond motifs is 2. The summed E-state index contributed by atoms with van der Waals surface area (Å²) in [6.07, 6.45) is 5.03. The fourth-order valence-electron chi connectivity index (χ4n) is 4.08. The fourth-order valence-corrected chi connectivity index (χ4v) is 4.08. The molecule has 6 nitrogen and oxygen atoms in total. The van der Waals surface area contributed by atoms with Crippen molar-refractivity contribution in [2.24, 2.45) is 23.2 Å². The quantitative estimate of drug-likeness (QED) is 0.399. The predicted octanol–water partition coefficient (Wildman–Crippen LogP) is 3.07. The van der Waals surface area contributed by atoms with E-state index in [0.717, 1.165) is 24.8 Å². The van der Waals surface area contributed by atoms with Crippen molar-refractivity contribution in [2.45, 2.75) is 39.5 Å². The Morgan fingerprint density at radius 1 is 1.18 bits per heavy atom. The molecule has 2 rings (SSSR count). The monoisotopic (exact) mass is 380 g/mol. The number of allylic oxidation sites excluding steroid dienone is 2. The SMILES string of the molecule is C=C(COC(C)=O)[C@@H]1C(C(C#N)(C#N)CC#CCOC(C)=O)=CC2CC[C@@H]1C2. The van der Waals surface area contributed by atoms with Crippen LogP contribution in [0.25, 0.3) is 0 Å². The molecule has 1 fully saturated rings. The van der Waals surface area contributed by atoms with Gasteiger partial charge in [0.15, 0.2) is 12.0 Å². The Bertz CT molecular complexity index is 817. The van der Waals surface area contributed by atoms with E-state index in [1.807, 2.05) is 6.08 Å². The van der Waals surface area contributed by atoms with Gasteiger partial charge in [-0.15, -0.1) is 0 Å². The third kappa shape index (κ3) is 4.81. The van der Waals surface area contributed by atoms with Gasteiger partial charge in [0.2, 0.25) is 0 Å². The summed E-state index contributed by atoms with van der Waals surface area (Å²) in [5, 5.41) is 19.8. The molecular weight excluding hydrogens is 356 g/mol. The first-order valence-corrected chi connectivity index (χ1v) is 9.27. The Morgan fingerprint density at radius 3 is 2.46 bits per heavy atom. The summed E-state index contributed by atoms with van der Waals surface area (Å²) >= 11 is 0. The molecule has 0 aliphatic heterocycles. The molecule has 0 aromatic rings. The number of nitrogens with zero attached hydrogens (tertiary/aromatic N) is 2. The number of hydrogen-bond acceptors (Lipinski definition) is 6. The summed E-state index contributed by atoms with van der Waals surface area (Å²) in [5.41, 5.74) is 0.0126. The summed E-state index contributed by atoms with van der Waals surface area (Å²) < 4.78 is 9.89. The number of carbonyl (C=O) groups is 2. The smallest absolute Gasteiger partial charge is 0.303 e. The average Bonchev–Trinajstić information content (AvgIpc) is 3.03. The first-order valence-electron chi connectivity index (χ1n) is 9.27. The molecule has 146 valence electrons. The maximum absolute atomic E-state index is 11.2. The van der Waals surface area contributed by atoms with Crippen LogP contribution < -0.4 is 0 Å². The zero-order chi connectivity index (χ0) is 20.7. The van der Waals surface area contributed by atoms with E-state index in [4.69, 9.17) is 9.47 Å². The van der Waals surface area contributed by atoms with E-state index in [-0.39, 0.29) is 31.5 Å². The van der Waals surface area contributed by atoms with Gasteiger partial charge in [-0.05, 0) is 42.2 Å². The second kappa shape index (κ2) is 9.25. The number of hydrogen-bond donors (Lipinski definition) is 0. The molecule has 28 heavy (non-hydrogen) atoms. The molecule has 1 unspecified atom stereocenters. The van der Waals surface area contributed by atoms with Crippen LogP contribution >= 0.6 is 0 Å². The Balaban J connectivity index is 2.30. The highest BCUT2D eigenvalue weighted by Gasteiger charge is 2.47. The molecule has 0 radical (unpaired) electrons. The van der Waals surface area contributed by atoms with Crippen LogP contribution in [0.1, 0.15) is 39.5 Å². The van der Waals surface area contributed by atoms with Crippen molar-refractivity contribution in [3.8, 4) is 24.0 Å². The minimum Gasteiger partial charge on any atom is -0.461 e. The third-order valence-corrected chi connectivity index (χ3v) is 5.34.